The number of benzene rings is 3. The number of anilines is 1. The molecule has 0 bridgehead atoms. The van der Waals surface area contributed by atoms with Crippen LogP contribution in [0, 0.1) is 0 Å². The predicted octanol–water partition coefficient (Wildman–Crippen LogP) is 2.78. The van der Waals surface area contributed by atoms with E-state index >= 15 is 0 Å². The van der Waals surface area contributed by atoms with Crippen molar-refractivity contribution in [3.8, 4) is 11.5 Å². The molecule has 1 amide bonds. The first-order valence-electron chi connectivity index (χ1n) is 11.3. The van der Waals surface area contributed by atoms with Gasteiger partial charge in [0.2, 0.25) is 26.0 Å². The molecule has 9 nitrogen and oxygen atoms in total. The zero-order valence-corrected chi connectivity index (χ0v) is 21.4. The molecule has 11 heteroatoms. The van der Waals surface area contributed by atoms with Crippen molar-refractivity contribution in [2.24, 2.45) is 0 Å². The van der Waals surface area contributed by atoms with Crippen LogP contribution in [0.2, 0.25) is 0 Å². The first-order chi connectivity index (χ1) is 17.2. The van der Waals surface area contributed by atoms with E-state index in [4.69, 9.17) is 4.74 Å². The van der Waals surface area contributed by atoms with Gasteiger partial charge in [-0.25, -0.2) is 16.8 Å². The van der Waals surface area contributed by atoms with Gasteiger partial charge in [-0.3, -0.25) is 9.10 Å². The third kappa shape index (κ3) is 5.86. The maximum atomic E-state index is 13.1. The van der Waals surface area contributed by atoms with Crippen LogP contribution in [0.4, 0.5) is 5.69 Å². The van der Waals surface area contributed by atoms with Crippen molar-refractivity contribution >= 4 is 31.6 Å². The van der Waals surface area contributed by atoms with E-state index in [0.717, 1.165) is 10.6 Å². The highest BCUT2D eigenvalue weighted by atomic mass is 32.2. The van der Waals surface area contributed by atoms with Gasteiger partial charge in [-0.05, 0) is 36.4 Å². The molecule has 1 heterocycles. The van der Waals surface area contributed by atoms with Gasteiger partial charge in [0.1, 0.15) is 12.3 Å². The number of piperazine rings is 1. The lowest BCUT2D eigenvalue weighted by Crippen LogP contribution is -2.53. The Morgan fingerprint density at radius 2 is 1.36 bits per heavy atom. The number of carbonyl (C=O) groups excluding carboxylic acids is 1. The fourth-order valence-corrected chi connectivity index (χ4v) is 6.18. The van der Waals surface area contributed by atoms with Crippen LogP contribution in [0.15, 0.2) is 89.8 Å². The summed E-state index contributed by atoms with van der Waals surface area (Å²) in [6.45, 7) is 0.125. The smallest absolute Gasteiger partial charge is 0.243 e. The lowest BCUT2D eigenvalue weighted by atomic mass is 10.2. The second-order valence-corrected chi connectivity index (χ2v) is 12.1. The van der Waals surface area contributed by atoms with Crippen molar-refractivity contribution in [2.75, 3.05) is 43.3 Å². The second-order valence-electron chi connectivity index (χ2n) is 8.25. The highest BCUT2D eigenvalue weighted by Crippen LogP contribution is 2.33. The number of carbonyl (C=O) groups is 1. The molecule has 0 saturated carbocycles. The van der Waals surface area contributed by atoms with Crippen LogP contribution in [0.5, 0.6) is 11.5 Å². The van der Waals surface area contributed by atoms with Crippen LogP contribution in [0.25, 0.3) is 0 Å². The topological polar surface area (TPSA) is 104 Å². The van der Waals surface area contributed by atoms with Gasteiger partial charge in [0.05, 0.1) is 16.8 Å². The maximum absolute atomic E-state index is 13.1. The molecule has 1 saturated heterocycles. The van der Waals surface area contributed by atoms with Crippen molar-refractivity contribution in [3.05, 3.63) is 84.9 Å². The fourth-order valence-electron chi connectivity index (χ4n) is 3.89. The Balaban J connectivity index is 1.48. The molecular formula is C25H27N3O6S2. The molecule has 0 atom stereocenters. The van der Waals surface area contributed by atoms with Crippen molar-refractivity contribution < 1.29 is 26.4 Å². The summed E-state index contributed by atoms with van der Waals surface area (Å²) in [5.41, 5.74) is 0.238. The molecule has 3 aromatic rings. The van der Waals surface area contributed by atoms with E-state index in [9.17, 15) is 21.6 Å². The molecule has 1 aliphatic rings. The monoisotopic (exact) mass is 529 g/mol. The van der Waals surface area contributed by atoms with Crippen LogP contribution in [-0.4, -0.2) is 70.9 Å². The standard InChI is InChI=1S/C25H27N3O6S2/c1-35(30,31)28(23-14-8-9-15-24(23)34-21-10-4-2-5-11-21)20-25(29)26-16-18-27(19-17-26)36(32,33)22-12-6-3-7-13-22/h2-15H,16-20H2,1H3. The Kier molecular flexibility index (Phi) is 7.62. The van der Waals surface area contributed by atoms with Gasteiger partial charge in [-0.1, -0.05) is 48.5 Å². The SMILES string of the molecule is CS(=O)(=O)N(CC(=O)N1CCN(S(=O)(=O)c2ccccc2)CC1)c1ccccc1Oc1ccccc1. The highest BCUT2D eigenvalue weighted by Gasteiger charge is 2.32. The third-order valence-electron chi connectivity index (χ3n) is 5.76. The lowest BCUT2D eigenvalue weighted by molar-refractivity contribution is -0.130. The van der Waals surface area contributed by atoms with E-state index in [1.807, 2.05) is 6.07 Å². The van der Waals surface area contributed by atoms with E-state index in [1.165, 1.54) is 21.3 Å². The molecule has 3 aromatic carbocycles. The third-order valence-corrected chi connectivity index (χ3v) is 8.80. The molecule has 1 fully saturated rings. The van der Waals surface area contributed by atoms with Crippen molar-refractivity contribution in [1.29, 1.82) is 0 Å². The minimum atomic E-state index is -3.84. The van der Waals surface area contributed by atoms with E-state index in [-0.39, 0.29) is 36.8 Å². The normalized spacial score (nSPS) is 14.9. The molecule has 0 radical (unpaired) electrons. The van der Waals surface area contributed by atoms with Crippen LogP contribution in [-0.2, 0) is 24.8 Å². The van der Waals surface area contributed by atoms with Gasteiger partial charge in [-0.2, -0.15) is 4.31 Å². The summed E-state index contributed by atoms with van der Waals surface area (Å²) in [6.07, 6.45) is 1.03. The Labute approximate surface area is 211 Å². The van der Waals surface area contributed by atoms with Crippen LogP contribution < -0.4 is 9.04 Å². The minimum Gasteiger partial charge on any atom is -0.455 e. The van der Waals surface area contributed by atoms with E-state index in [2.05, 4.69) is 0 Å². The molecular weight excluding hydrogens is 502 g/mol. The van der Waals surface area contributed by atoms with Crippen LogP contribution >= 0.6 is 0 Å². The average molecular weight is 530 g/mol. The predicted molar refractivity (Wildman–Crippen MR) is 137 cm³/mol. The zero-order valence-electron chi connectivity index (χ0n) is 19.7. The number of sulfonamides is 2. The number of para-hydroxylation sites is 3. The molecule has 1 aliphatic heterocycles. The number of hydrogen-bond acceptors (Lipinski definition) is 6. The van der Waals surface area contributed by atoms with Gasteiger partial charge >= 0.3 is 0 Å². The van der Waals surface area contributed by atoms with Crippen molar-refractivity contribution in [2.45, 2.75) is 4.90 Å². The van der Waals surface area contributed by atoms with Crippen molar-refractivity contribution in [3.63, 3.8) is 0 Å². The van der Waals surface area contributed by atoms with Crippen LogP contribution in [0.3, 0.4) is 0 Å². The molecule has 0 unspecified atom stereocenters. The minimum absolute atomic E-state index is 0.121. The van der Waals surface area contributed by atoms with Crippen molar-refractivity contribution in [1.82, 2.24) is 9.21 Å². The van der Waals surface area contributed by atoms with Gasteiger partial charge in [0, 0.05) is 26.2 Å². The summed E-state index contributed by atoms with van der Waals surface area (Å²) in [7, 11) is -7.50. The average Bonchev–Trinajstić information content (AvgIpc) is 2.88. The van der Waals surface area contributed by atoms with E-state index in [0.29, 0.717) is 11.5 Å². The molecule has 0 N–H and O–H groups in total. The molecule has 0 spiro atoms. The number of nitrogens with zero attached hydrogens (tertiary/aromatic N) is 3. The highest BCUT2D eigenvalue weighted by molar-refractivity contribution is 7.92. The number of rotatable bonds is 8. The zero-order chi connectivity index (χ0) is 25.8. The molecule has 4 rings (SSSR count). The first-order valence-corrected chi connectivity index (χ1v) is 14.6. The van der Waals surface area contributed by atoms with Gasteiger partial charge in [-0.15, -0.1) is 0 Å². The molecule has 190 valence electrons. The summed E-state index contributed by atoms with van der Waals surface area (Å²) < 4.78 is 59.4. The summed E-state index contributed by atoms with van der Waals surface area (Å²) >= 11 is 0. The van der Waals surface area contributed by atoms with Gasteiger partial charge in [0.25, 0.3) is 0 Å². The molecule has 36 heavy (non-hydrogen) atoms. The lowest BCUT2D eigenvalue weighted by Gasteiger charge is -2.35. The molecule has 0 aromatic heterocycles. The Bertz CT molecular complexity index is 1410. The Morgan fingerprint density at radius 1 is 0.806 bits per heavy atom. The van der Waals surface area contributed by atoms with E-state index in [1.54, 1.807) is 66.7 Å². The quantitative estimate of drug-likeness (QED) is 0.445. The van der Waals surface area contributed by atoms with Gasteiger partial charge in [0.15, 0.2) is 5.75 Å². The Morgan fingerprint density at radius 3 is 1.97 bits per heavy atom. The number of ether oxygens (including phenoxy) is 1. The van der Waals surface area contributed by atoms with Crippen LogP contribution in [0.1, 0.15) is 0 Å². The summed E-state index contributed by atoms with van der Waals surface area (Å²) in [5, 5.41) is 0. The fraction of sp³-hybridized carbons (Fsp3) is 0.240. The number of hydrogen-bond donors (Lipinski definition) is 0. The van der Waals surface area contributed by atoms with Gasteiger partial charge < -0.3 is 9.64 Å². The number of amides is 1. The van der Waals surface area contributed by atoms with E-state index < -0.39 is 32.5 Å². The maximum Gasteiger partial charge on any atom is 0.243 e. The largest absolute Gasteiger partial charge is 0.455 e. The Hall–Kier alpha value is -3.41. The second kappa shape index (κ2) is 10.7. The summed E-state index contributed by atoms with van der Waals surface area (Å²) in [4.78, 5) is 14.8. The summed E-state index contributed by atoms with van der Waals surface area (Å²) in [5.74, 6) is 0.396. The molecule has 0 aliphatic carbocycles. The first kappa shape index (κ1) is 25.7. The summed E-state index contributed by atoms with van der Waals surface area (Å²) in [6, 6.07) is 23.7.